The predicted molar refractivity (Wildman–Crippen MR) is 99.7 cm³/mol. The first-order valence-corrected chi connectivity index (χ1v) is 8.93. The highest BCUT2D eigenvalue weighted by molar-refractivity contribution is 7.19. The average Bonchev–Trinajstić information content (AvgIpc) is 3.16. The third-order valence-corrected chi connectivity index (χ3v) is 5.63. The quantitative estimate of drug-likeness (QED) is 0.753. The summed E-state index contributed by atoms with van der Waals surface area (Å²) in [5, 5.41) is 2.07. The first-order valence-electron chi connectivity index (χ1n) is 7.74. The van der Waals surface area contributed by atoms with Gasteiger partial charge < -0.3 is 20.5 Å². The Morgan fingerprint density at radius 2 is 2.12 bits per heavy atom. The summed E-state index contributed by atoms with van der Waals surface area (Å²) in [6.45, 7) is 2.54. The molecule has 124 valence electrons. The van der Waals surface area contributed by atoms with Crippen LogP contribution in [0.25, 0.3) is 10.9 Å². The molecule has 7 heteroatoms. The molecule has 1 fully saturated rings. The predicted octanol–water partition coefficient (Wildman–Crippen LogP) is 3.31. The summed E-state index contributed by atoms with van der Waals surface area (Å²) >= 11 is 7.50. The van der Waals surface area contributed by atoms with Crippen LogP contribution in [0.4, 0.5) is 10.7 Å². The maximum atomic E-state index is 12.5. The lowest BCUT2D eigenvalue weighted by atomic mass is 10.1. The second-order valence-electron chi connectivity index (χ2n) is 5.94. The van der Waals surface area contributed by atoms with Crippen LogP contribution in [0, 0.1) is 0 Å². The first-order chi connectivity index (χ1) is 11.6. The van der Waals surface area contributed by atoms with Crippen LogP contribution in [0.15, 0.2) is 36.5 Å². The standard InChI is InChI=1S/C17H17ClN4OS/c18-15-3-4-17(24-15)22-6-5-21(16(23)10-22)9-11-1-2-12-13(19)8-20-14(12)7-11/h1-4,7-8,20H,5-6,9-10,19H2. The molecule has 1 saturated heterocycles. The van der Waals surface area contributed by atoms with Crippen LogP contribution in [-0.2, 0) is 11.3 Å². The third kappa shape index (κ3) is 2.83. The highest BCUT2D eigenvalue weighted by atomic mass is 35.5. The minimum absolute atomic E-state index is 0.136. The van der Waals surface area contributed by atoms with Gasteiger partial charge in [-0.1, -0.05) is 23.7 Å². The van der Waals surface area contributed by atoms with Crippen molar-refractivity contribution in [3.8, 4) is 0 Å². The number of amides is 1. The lowest BCUT2D eigenvalue weighted by molar-refractivity contribution is -0.131. The van der Waals surface area contributed by atoms with Crippen molar-refractivity contribution in [2.24, 2.45) is 0 Å². The van der Waals surface area contributed by atoms with Gasteiger partial charge in [0.25, 0.3) is 0 Å². The summed E-state index contributed by atoms with van der Waals surface area (Å²) in [6.07, 6.45) is 1.80. The van der Waals surface area contributed by atoms with E-state index < -0.39 is 0 Å². The number of aromatic nitrogens is 1. The van der Waals surface area contributed by atoms with Crippen molar-refractivity contribution >= 4 is 50.4 Å². The van der Waals surface area contributed by atoms with E-state index in [1.165, 1.54) is 11.3 Å². The van der Waals surface area contributed by atoms with Gasteiger partial charge in [-0.2, -0.15) is 0 Å². The molecule has 1 amide bonds. The van der Waals surface area contributed by atoms with E-state index in [1.54, 1.807) is 6.20 Å². The van der Waals surface area contributed by atoms with Gasteiger partial charge in [0.15, 0.2) is 0 Å². The molecule has 0 bridgehead atoms. The number of aromatic amines is 1. The summed E-state index contributed by atoms with van der Waals surface area (Å²) < 4.78 is 0.749. The van der Waals surface area contributed by atoms with E-state index in [0.29, 0.717) is 19.6 Å². The molecule has 0 spiro atoms. The summed E-state index contributed by atoms with van der Waals surface area (Å²) in [5.74, 6) is 0.136. The summed E-state index contributed by atoms with van der Waals surface area (Å²) in [4.78, 5) is 19.6. The Morgan fingerprint density at radius 1 is 1.25 bits per heavy atom. The van der Waals surface area contributed by atoms with Crippen molar-refractivity contribution < 1.29 is 4.79 Å². The molecule has 0 radical (unpaired) electrons. The van der Waals surface area contributed by atoms with Crippen molar-refractivity contribution in [1.29, 1.82) is 0 Å². The molecular formula is C17H17ClN4OS. The maximum Gasteiger partial charge on any atom is 0.242 e. The number of fused-ring (bicyclic) bond motifs is 1. The number of H-pyrrole nitrogens is 1. The first kappa shape index (κ1) is 15.4. The number of nitrogens with two attached hydrogens (primary N) is 1. The molecule has 0 aliphatic carbocycles. The number of piperazine rings is 1. The van der Waals surface area contributed by atoms with Crippen molar-refractivity contribution in [3.05, 3.63) is 46.4 Å². The Balaban J connectivity index is 1.46. The second kappa shape index (κ2) is 6.03. The fourth-order valence-electron chi connectivity index (χ4n) is 3.05. The molecule has 3 aromatic rings. The van der Waals surface area contributed by atoms with E-state index in [-0.39, 0.29) is 5.91 Å². The number of rotatable bonds is 3. The minimum atomic E-state index is 0.136. The van der Waals surface area contributed by atoms with Gasteiger partial charge in [-0.05, 0) is 23.8 Å². The van der Waals surface area contributed by atoms with Crippen LogP contribution < -0.4 is 10.6 Å². The van der Waals surface area contributed by atoms with Crippen molar-refractivity contribution in [1.82, 2.24) is 9.88 Å². The van der Waals surface area contributed by atoms with E-state index in [2.05, 4.69) is 16.0 Å². The van der Waals surface area contributed by atoms with Crippen LogP contribution in [0.1, 0.15) is 5.56 Å². The van der Waals surface area contributed by atoms with Crippen molar-refractivity contribution in [2.45, 2.75) is 6.54 Å². The molecule has 4 rings (SSSR count). The zero-order chi connectivity index (χ0) is 16.7. The third-order valence-electron chi connectivity index (χ3n) is 4.34. The number of thiophene rings is 1. The number of benzene rings is 1. The number of anilines is 2. The topological polar surface area (TPSA) is 65.4 Å². The molecule has 5 nitrogen and oxygen atoms in total. The van der Waals surface area contributed by atoms with Gasteiger partial charge >= 0.3 is 0 Å². The van der Waals surface area contributed by atoms with Crippen LogP contribution in [0.3, 0.4) is 0 Å². The number of nitrogens with zero attached hydrogens (tertiary/aromatic N) is 2. The van der Waals surface area contributed by atoms with Crippen molar-refractivity contribution in [3.63, 3.8) is 0 Å². The molecular weight excluding hydrogens is 344 g/mol. The lowest BCUT2D eigenvalue weighted by Crippen LogP contribution is -2.49. The molecule has 0 saturated carbocycles. The molecule has 0 unspecified atom stereocenters. The van der Waals surface area contributed by atoms with E-state index in [4.69, 9.17) is 17.3 Å². The van der Waals surface area contributed by atoms with Gasteiger partial charge in [-0.15, -0.1) is 11.3 Å². The number of halogens is 1. The molecule has 0 atom stereocenters. The number of hydrogen-bond acceptors (Lipinski definition) is 4. The van der Waals surface area contributed by atoms with E-state index in [0.717, 1.165) is 38.0 Å². The van der Waals surface area contributed by atoms with E-state index in [9.17, 15) is 4.79 Å². The number of hydrogen-bond donors (Lipinski definition) is 2. The zero-order valence-electron chi connectivity index (χ0n) is 13.0. The number of nitrogen functional groups attached to an aromatic ring is 1. The Morgan fingerprint density at radius 3 is 2.88 bits per heavy atom. The summed E-state index contributed by atoms with van der Waals surface area (Å²) in [5.41, 5.74) is 8.75. The van der Waals surface area contributed by atoms with E-state index in [1.807, 2.05) is 29.2 Å². The average molecular weight is 361 g/mol. The Kier molecular flexibility index (Phi) is 3.86. The maximum absolute atomic E-state index is 12.5. The van der Waals surface area contributed by atoms with Crippen LogP contribution in [-0.4, -0.2) is 35.4 Å². The Hall–Kier alpha value is -2.18. The fourth-order valence-corrected chi connectivity index (χ4v) is 4.11. The van der Waals surface area contributed by atoms with Crippen LogP contribution in [0.5, 0.6) is 0 Å². The van der Waals surface area contributed by atoms with Crippen LogP contribution in [0.2, 0.25) is 4.34 Å². The number of carbonyl (C=O) groups excluding carboxylic acids is 1. The smallest absolute Gasteiger partial charge is 0.242 e. The summed E-state index contributed by atoms with van der Waals surface area (Å²) in [6, 6.07) is 9.94. The van der Waals surface area contributed by atoms with Gasteiger partial charge in [0.2, 0.25) is 5.91 Å². The molecule has 1 aromatic carbocycles. The van der Waals surface area contributed by atoms with Crippen LogP contribution >= 0.6 is 22.9 Å². The normalized spacial score (nSPS) is 15.5. The lowest BCUT2D eigenvalue weighted by Gasteiger charge is -2.34. The number of carbonyl (C=O) groups is 1. The van der Waals surface area contributed by atoms with Gasteiger partial charge in [-0.3, -0.25) is 4.79 Å². The zero-order valence-corrected chi connectivity index (χ0v) is 14.5. The summed E-state index contributed by atoms with van der Waals surface area (Å²) in [7, 11) is 0. The molecule has 1 aliphatic rings. The van der Waals surface area contributed by atoms with Gasteiger partial charge in [0, 0.05) is 36.7 Å². The number of nitrogens with one attached hydrogen (secondary N) is 1. The van der Waals surface area contributed by atoms with Gasteiger partial charge in [0.05, 0.1) is 21.6 Å². The van der Waals surface area contributed by atoms with E-state index >= 15 is 0 Å². The molecule has 2 aromatic heterocycles. The largest absolute Gasteiger partial charge is 0.397 e. The molecule has 3 N–H and O–H groups in total. The van der Waals surface area contributed by atoms with Crippen molar-refractivity contribution in [2.75, 3.05) is 30.3 Å². The monoisotopic (exact) mass is 360 g/mol. The van der Waals surface area contributed by atoms with Gasteiger partial charge in [-0.25, -0.2) is 0 Å². The minimum Gasteiger partial charge on any atom is -0.397 e. The fraction of sp³-hybridized carbons (Fsp3) is 0.235. The highest BCUT2D eigenvalue weighted by Gasteiger charge is 2.25. The Bertz CT molecular complexity index is 903. The second-order valence-corrected chi connectivity index (χ2v) is 7.63. The molecule has 3 heterocycles. The van der Waals surface area contributed by atoms with Gasteiger partial charge in [0.1, 0.15) is 0 Å². The molecule has 1 aliphatic heterocycles. The highest BCUT2D eigenvalue weighted by Crippen LogP contribution is 2.30. The Labute approximate surface area is 148 Å². The SMILES string of the molecule is Nc1c[nH]c2cc(CN3CCN(c4ccc(Cl)s4)CC3=O)ccc12. The molecule has 24 heavy (non-hydrogen) atoms.